The molecule has 0 aromatic heterocycles. The van der Waals surface area contributed by atoms with Crippen molar-refractivity contribution < 1.29 is 18.3 Å². The molecule has 21 heavy (non-hydrogen) atoms. The van der Waals surface area contributed by atoms with Crippen molar-refractivity contribution in [2.45, 2.75) is 6.61 Å². The minimum Gasteiger partial charge on any atom is -0.496 e. The Balaban J connectivity index is 2.17. The summed E-state index contributed by atoms with van der Waals surface area (Å²) in [6, 6.07) is 7.93. The van der Waals surface area contributed by atoms with Crippen LogP contribution in [-0.2, 0) is 6.61 Å². The molecule has 110 valence electrons. The van der Waals surface area contributed by atoms with Gasteiger partial charge in [-0.1, -0.05) is 6.07 Å². The van der Waals surface area contributed by atoms with Crippen LogP contribution in [0.2, 0.25) is 0 Å². The van der Waals surface area contributed by atoms with Crippen molar-refractivity contribution in [2.24, 2.45) is 5.73 Å². The Morgan fingerprint density at radius 1 is 1.14 bits per heavy atom. The molecule has 0 unspecified atom stereocenters. The zero-order chi connectivity index (χ0) is 15.4. The van der Waals surface area contributed by atoms with Crippen LogP contribution in [0.3, 0.4) is 0 Å². The summed E-state index contributed by atoms with van der Waals surface area (Å²) in [7, 11) is 1.46. The summed E-state index contributed by atoms with van der Waals surface area (Å²) in [6.07, 6.45) is 0. The topological polar surface area (TPSA) is 68.3 Å². The predicted molar refractivity (Wildman–Crippen MR) is 74.7 cm³/mol. The smallest absolute Gasteiger partial charge is 0.165 e. The summed E-state index contributed by atoms with van der Waals surface area (Å²) in [4.78, 5) is 0. The maximum Gasteiger partial charge on any atom is 0.165 e. The zero-order valence-corrected chi connectivity index (χ0v) is 11.3. The number of rotatable bonds is 5. The van der Waals surface area contributed by atoms with E-state index in [2.05, 4.69) is 0 Å². The highest BCUT2D eigenvalue weighted by Crippen LogP contribution is 2.23. The summed E-state index contributed by atoms with van der Waals surface area (Å²) in [6.45, 7) is 0.0366. The molecule has 0 aliphatic heterocycles. The number of nitrogen functional groups attached to an aromatic ring is 1. The maximum absolute atomic E-state index is 13.4. The van der Waals surface area contributed by atoms with Gasteiger partial charge in [-0.05, 0) is 29.8 Å². The number of amidine groups is 1. The molecular formula is C15H14F2N2O2. The Morgan fingerprint density at radius 2 is 1.90 bits per heavy atom. The first-order valence-corrected chi connectivity index (χ1v) is 6.10. The van der Waals surface area contributed by atoms with Gasteiger partial charge in [0.2, 0.25) is 0 Å². The van der Waals surface area contributed by atoms with Crippen molar-refractivity contribution in [1.29, 1.82) is 5.41 Å². The molecule has 0 aliphatic rings. The molecule has 0 radical (unpaired) electrons. The quantitative estimate of drug-likeness (QED) is 0.657. The van der Waals surface area contributed by atoms with E-state index in [0.29, 0.717) is 16.9 Å². The van der Waals surface area contributed by atoms with Gasteiger partial charge in [0.1, 0.15) is 24.0 Å². The Hall–Kier alpha value is -2.63. The van der Waals surface area contributed by atoms with E-state index < -0.39 is 11.6 Å². The molecule has 0 saturated carbocycles. The fraction of sp³-hybridized carbons (Fsp3) is 0.133. The van der Waals surface area contributed by atoms with Gasteiger partial charge in [-0.2, -0.15) is 0 Å². The molecule has 2 aromatic carbocycles. The highest BCUT2D eigenvalue weighted by Gasteiger charge is 2.09. The minimum absolute atomic E-state index is 0.0366. The van der Waals surface area contributed by atoms with Crippen molar-refractivity contribution in [3.8, 4) is 11.5 Å². The lowest BCUT2D eigenvalue weighted by atomic mass is 10.1. The first-order chi connectivity index (χ1) is 10.0. The van der Waals surface area contributed by atoms with Crippen LogP contribution in [0, 0.1) is 17.0 Å². The average molecular weight is 292 g/mol. The van der Waals surface area contributed by atoms with Gasteiger partial charge in [-0.25, -0.2) is 8.78 Å². The molecule has 6 heteroatoms. The number of ether oxygens (including phenoxy) is 2. The highest BCUT2D eigenvalue weighted by atomic mass is 19.1. The van der Waals surface area contributed by atoms with Crippen molar-refractivity contribution in [3.05, 3.63) is 59.2 Å². The molecule has 4 nitrogen and oxygen atoms in total. The second kappa shape index (κ2) is 6.21. The number of methoxy groups -OCH3 is 1. The average Bonchev–Trinajstić information content (AvgIpc) is 2.47. The van der Waals surface area contributed by atoms with Crippen molar-refractivity contribution in [3.63, 3.8) is 0 Å². The third-order valence-electron chi connectivity index (χ3n) is 2.84. The lowest BCUT2D eigenvalue weighted by Crippen LogP contribution is -2.12. The fourth-order valence-electron chi connectivity index (χ4n) is 1.80. The molecule has 0 aliphatic carbocycles. The van der Waals surface area contributed by atoms with Crippen LogP contribution in [0.4, 0.5) is 8.78 Å². The van der Waals surface area contributed by atoms with E-state index in [4.69, 9.17) is 20.6 Å². The summed E-state index contributed by atoms with van der Waals surface area (Å²) < 4.78 is 36.8. The predicted octanol–water partition coefficient (Wildman–Crippen LogP) is 2.84. The van der Waals surface area contributed by atoms with E-state index in [-0.39, 0.29) is 18.2 Å². The van der Waals surface area contributed by atoms with Crippen molar-refractivity contribution >= 4 is 5.84 Å². The molecule has 0 bridgehead atoms. The van der Waals surface area contributed by atoms with Crippen LogP contribution in [-0.4, -0.2) is 12.9 Å². The molecule has 0 atom stereocenters. The Morgan fingerprint density at radius 3 is 2.57 bits per heavy atom. The maximum atomic E-state index is 13.4. The van der Waals surface area contributed by atoms with Gasteiger partial charge < -0.3 is 15.2 Å². The van der Waals surface area contributed by atoms with Gasteiger partial charge in [-0.3, -0.25) is 5.41 Å². The Bertz CT molecular complexity index is 675. The van der Waals surface area contributed by atoms with Gasteiger partial charge >= 0.3 is 0 Å². The van der Waals surface area contributed by atoms with Gasteiger partial charge in [0.25, 0.3) is 0 Å². The van der Waals surface area contributed by atoms with Crippen LogP contribution >= 0.6 is 0 Å². The van der Waals surface area contributed by atoms with E-state index in [1.165, 1.54) is 7.11 Å². The van der Waals surface area contributed by atoms with Crippen LogP contribution in [0.5, 0.6) is 11.5 Å². The number of hydrogen-bond donors (Lipinski definition) is 2. The Kier molecular flexibility index (Phi) is 4.37. The normalized spacial score (nSPS) is 10.2. The first kappa shape index (κ1) is 14.8. The number of benzene rings is 2. The number of nitrogens with one attached hydrogen (secondary N) is 1. The van der Waals surface area contributed by atoms with Crippen molar-refractivity contribution in [1.82, 2.24) is 0 Å². The van der Waals surface area contributed by atoms with E-state index >= 15 is 0 Å². The summed E-state index contributed by atoms with van der Waals surface area (Å²) in [5.74, 6) is -1.07. The number of hydrogen-bond acceptors (Lipinski definition) is 3. The van der Waals surface area contributed by atoms with E-state index in [9.17, 15) is 8.78 Å². The molecule has 0 saturated heterocycles. The van der Waals surface area contributed by atoms with E-state index in [1.807, 2.05) is 0 Å². The Labute approximate surface area is 120 Å². The second-order valence-corrected chi connectivity index (χ2v) is 4.31. The third kappa shape index (κ3) is 3.47. The van der Waals surface area contributed by atoms with Crippen LogP contribution in [0.15, 0.2) is 36.4 Å². The van der Waals surface area contributed by atoms with Gasteiger partial charge in [0.05, 0.1) is 12.7 Å². The third-order valence-corrected chi connectivity index (χ3v) is 2.84. The molecule has 2 aromatic rings. The molecule has 3 N–H and O–H groups in total. The first-order valence-electron chi connectivity index (χ1n) is 6.10. The molecule has 0 amide bonds. The standard InChI is InChI=1S/C15H14F2N2O2/c1-20-13-6-9(2-4-11(13)15(18)19)8-21-14-7-10(16)3-5-12(14)17/h2-7H,8H2,1H3,(H3,18,19). The van der Waals surface area contributed by atoms with Gasteiger partial charge in [0.15, 0.2) is 11.6 Å². The van der Waals surface area contributed by atoms with Crippen molar-refractivity contribution in [2.75, 3.05) is 7.11 Å². The number of halogens is 2. The summed E-state index contributed by atoms with van der Waals surface area (Å²) in [5.41, 5.74) is 6.56. The van der Waals surface area contributed by atoms with Gasteiger partial charge in [0, 0.05) is 6.07 Å². The minimum atomic E-state index is -0.635. The molecule has 0 heterocycles. The van der Waals surface area contributed by atoms with Crippen LogP contribution in [0.25, 0.3) is 0 Å². The molecule has 2 rings (SSSR count). The monoisotopic (exact) mass is 292 g/mol. The van der Waals surface area contributed by atoms with Crippen LogP contribution < -0.4 is 15.2 Å². The molecule has 0 spiro atoms. The summed E-state index contributed by atoms with van der Waals surface area (Å²) >= 11 is 0. The lowest BCUT2D eigenvalue weighted by molar-refractivity contribution is 0.287. The highest BCUT2D eigenvalue weighted by molar-refractivity contribution is 5.97. The van der Waals surface area contributed by atoms with Gasteiger partial charge in [-0.15, -0.1) is 0 Å². The van der Waals surface area contributed by atoms with E-state index in [0.717, 1.165) is 18.2 Å². The van der Waals surface area contributed by atoms with E-state index in [1.54, 1.807) is 18.2 Å². The lowest BCUT2D eigenvalue weighted by Gasteiger charge is -2.11. The SMILES string of the molecule is COc1cc(COc2cc(F)ccc2F)ccc1C(=N)N. The largest absolute Gasteiger partial charge is 0.496 e. The zero-order valence-electron chi connectivity index (χ0n) is 11.3. The molecular weight excluding hydrogens is 278 g/mol. The summed E-state index contributed by atoms with van der Waals surface area (Å²) in [5, 5.41) is 7.41. The van der Waals surface area contributed by atoms with Crippen LogP contribution in [0.1, 0.15) is 11.1 Å². The number of nitrogens with two attached hydrogens (primary N) is 1. The molecule has 0 fully saturated rings. The second-order valence-electron chi connectivity index (χ2n) is 4.31. The fourth-order valence-corrected chi connectivity index (χ4v) is 1.80.